The normalized spacial score (nSPS) is 11.3. The van der Waals surface area contributed by atoms with Gasteiger partial charge in [0.2, 0.25) is 0 Å². The largest absolute Gasteiger partial charge is 0.360 e. The highest BCUT2D eigenvalue weighted by atomic mass is 32.2. The molecule has 0 fully saturated rings. The van der Waals surface area contributed by atoms with E-state index >= 15 is 0 Å². The molecule has 7 nitrogen and oxygen atoms in total. The third-order valence-corrected chi connectivity index (χ3v) is 8.15. The first-order valence-electron chi connectivity index (χ1n) is 13.4. The number of urea groups is 1. The molecular formula is C31H36N6OS3. The third-order valence-electron chi connectivity index (χ3n) is 5.58. The molecule has 0 saturated carbocycles. The predicted molar refractivity (Wildman–Crippen MR) is 179 cm³/mol. The number of nitrogens with zero attached hydrogens (tertiary/aromatic N) is 1. The van der Waals surface area contributed by atoms with Crippen molar-refractivity contribution in [2.45, 2.75) is 57.6 Å². The minimum absolute atomic E-state index is 0.0971. The van der Waals surface area contributed by atoms with Gasteiger partial charge in [-0.2, -0.15) is 0 Å². The lowest BCUT2D eigenvalue weighted by Gasteiger charge is -2.21. The van der Waals surface area contributed by atoms with Crippen LogP contribution in [-0.2, 0) is 6.54 Å². The van der Waals surface area contributed by atoms with Gasteiger partial charge in [-0.25, -0.2) is 9.78 Å². The molecule has 0 saturated heterocycles. The first kappa shape index (κ1) is 30.5. The average Bonchev–Trinajstić information content (AvgIpc) is 3.41. The standard InChI is InChI=1S/C31H36N6OS3/c1-20(2)34-30(39)36-23-13-11-22(12-14-23)28-32-19-27(40-28)25-16-15-24(17-26(25)41-37-31(3,4)5)35-29(38)33-18-21-9-7-6-8-10-21/h6-17,19-20,37H,18H2,1-5H3,(H2,33,35,38)(H2,34,36,39). The van der Waals surface area contributed by atoms with E-state index in [0.717, 1.165) is 42.8 Å². The second kappa shape index (κ2) is 14.0. The Morgan fingerprint density at radius 3 is 2.37 bits per heavy atom. The minimum atomic E-state index is -0.250. The molecule has 214 valence electrons. The van der Waals surface area contributed by atoms with E-state index < -0.39 is 0 Å². The molecule has 41 heavy (non-hydrogen) atoms. The molecule has 2 amide bonds. The van der Waals surface area contributed by atoms with Gasteiger partial charge in [0.15, 0.2) is 5.11 Å². The Bertz CT molecular complexity index is 1460. The van der Waals surface area contributed by atoms with Crippen molar-refractivity contribution in [1.82, 2.24) is 20.3 Å². The molecule has 1 aromatic heterocycles. The fourth-order valence-electron chi connectivity index (χ4n) is 3.71. The fraction of sp³-hybridized carbons (Fsp3) is 0.258. The highest BCUT2D eigenvalue weighted by Crippen LogP contribution is 2.38. The SMILES string of the molecule is CC(C)NC(=S)Nc1ccc(-c2ncc(-c3ccc(NC(=O)NCc4ccccc4)cc3SNC(C)(C)C)s2)cc1. The summed E-state index contributed by atoms with van der Waals surface area (Å²) in [6, 6.07) is 23.9. The summed E-state index contributed by atoms with van der Waals surface area (Å²) >= 11 is 8.53. The molecule has 3 aromatic carbocycles. The number of thiocarbonyl (C=S) groups is 1. The maximum Gasteiger partial charge on any atom is 0.319 e. The summed E-state index contributed by atoms with van der Waals surface area (Å²) in [7, 11) is 0. The van der Waals surface area contributed by atoms with Crippen LogP contribution in [0.15, 0.2) is 83.9 Å². The summed E-state index contributed by atoms with van der Waals surface area (Å²) in [6.07, 6.45) is 1.91. The van der Waals surface area contributed by atoms with E-state index in [1.807, 2.05) is 92.8 Å². The Morgan fingerprint density at radius 1 is 0.976 bits per heavy atom. The molecule has 0 aliphatic heterocycles. The van der Waals surface area contributed by atoms with Gasteiger partial charge >= 0.3 is 6.03 Å². The van der Waals surface area contributed by atoms with Crippen molar-refractivity contribution < 1.29 is 4.79 Å². The predicted octanol–water partition coefficient (Wildman–Crippen LogP) is 7.89. The van der Waals surface area contributed by atoms with Crippen LogP contribution in [0.4, 0.5) is 16.2 Å². The van der Waals surface area contributed by atoms with Crippen LogP contribution in [0.25, 0.3) is 21.0 Å². The zero-order valence-electron chi connectivity index (χ0n) is 23.9. The molecule has 0 aliphatic rings. The Balaban J connectivity index is 1.49. The molecular weight excluding hydrogens is 569 g/mol. The summed E-state index contributed by atoms with van der Waals surface area (Å²) in [4.78, 5) is 19.4. The van der Waals surface area contributed by atoms with Crippen LogP contribution < -0.4 is 26.0 Å². The smallest absolute Gasteiger partial charge is 0.319 e. The van der Waals surface area contributed by atoms with Crippen molar-refractivity contribution in [1.29, 1.82) is 0 Å². The molecule has 0 radical (unpaired) electrons. The molecule has 0 unspecified atom stereocenters. The molecule has 0 spiro atoms. The zero-order valence-corrected chi connectivity index (χ0v) is 26.3. The number of amides is 2. The van der Waals surface area contributed by atoms with Crippen molar-refractivity contribution in [3.8, 4) is 21.0 Å². The van der Waals surface area contributed by atoms with Crippen molar-refractivity contribution in [2.24, 2.45) is 0 Å². The monoisotopic (exact) mass is 604 g/mol. The maximum atomic E-state index is 12.6. The number of carbonyl (C=O) groups is 1. The number of thiazole rings is 1. The molecule has 10 heteroatoms. The van der Waals surface area contributed by atoms with Gasteiger partial charge in [-0.15, -0.1) is 11.3 Å². The van der Waals surface area contributed by atoms with Crippen LogP contribution in [0.2, 0.25) is 0 Å². The Kier molecular flexibility index (Phi) is 10.4. The Labute approximate surface area is 256 Å². The van der Waals surface area contributed by atoms with E-state index in [1.165, 1.54) is 0 Å². The molecule has 5 N–H and O–H groups in total. The number of benzene rings is 3. The number of hydrogen-bond acceptors (Lipinski definition) is 6. The third kappa shape index (κ3) is 9.57. The fourth-order valence-corrected chi connectivity index (χ4v) is 5.98. The van der Waals surface area contributed by atoms with E-state index in [4.69, 9.17) is 17.2 Å². The van der Waals surface area contributed by atoms with Crippen LogP contribution in [-0.4, -0.2) is 27.7 Å². The zero-order chi connectivity index (χ0) is 29.4. The molecule has 0 bridgehead atoms. The van der Waals surface area contributed by atoms with Crippen LogP contribution in [0.5, 0.6) is 0 Å². The van der Waals surface area contributed by atoms with Gasteiger partial charge < -0.3 is 21.3 Å². The lowest BCUT2D eigenvalue weighted by atomic mass is 10.1. The minimum Gasteiger partial charge on any atom is -0.360 e. The maximum absolute atomic E-state index is 12.6. The van der Waals surface area contributed by atoms with E-state index in [1.54, 1.807) is 23.3 Å². The van der Waals surface area contributed by atoms with Crippen LogP contribution >= 0.6 is 35.5 Å². The Hall–Kier alpha value is -3.44. The first-order chi connectivity index (χ1) is 19.6. The highest BCUT2D eigenvalue weighted by Gasteiger charge is 2.16. The van der Waals surface area contributed by atoms with Crippen LogP contribution in [0, 0.1) is 0 Å². The van der Waals surface area contributed by atoms with Gasteiger partial charge in [0.1, 0.15) is 5.01 Å². The van der Waals surface area contributed by atoms with Crippen LogP contribution in [0.3, 0.4) is 0 Å². The summed E-state index contributed by atoms with van der Waals surface area (Å²) in [5.41, 5.74) is 4.67. The number of rotatable bonds is 9. The summed E-state index contributed by atoms with van der Waals surface area (Å²) in [5.74, 6) is 0. The molecule has 4 rings (SSSR count). The number of anilines is 2. The summed E-state index contributed by atoms with van der Waals surface area (Å²) in [5, 5.41) is 13.8. The van der Waals surface area contributed by atoms with Crippen molar-refractivity contribution >= 4 is 58.0 Å². The van der Waals surface area contributed by atoms with Crippen LogP contribution in [0.1, 0.15) is 40.2 Å². The van der Waals surface area contributed by atoms with Gasteiger partial charge in [-0.1, -0.05) is 36.4 Å². The molecule has 4 aromatic rings. The van der Waals surface area contributed by atoms with Gasteiger partial charge in [0.05, 0.1) is 4.88 Å². The lowest BCUT2D eigenvalue weighted by Crippen LogP contribution is -2.33. The van der Waals surface area contributed by atoms with E-state index in [2.05, 4.69) is 46.8 Å². The van der Waals surface area contributed by atoms with E-state index in [9.17, 15) is 4.79 Å². The van der Waals surface area contributed by atoms with E-state index in [0.29, 0.717) is 11.7 Å². The molecule has 1 heterocycles. The van der Waals surface area contributed by atoms with Gasteiger partial charge in [-0.3, -0.25) is 4.72 Å². The first-order valence-corrected chi connectivity index (χ1v) is 15.4. The molecule has 0 atom stereocenters. The second-order valence-electron chi connectivity index (χ2n) is 10.8. The quantitative estimate of drug-likeness (QED) is 0.0981. The number of hydrogen-bond donors (Lipinski definition) is 5. The van der Waals surface area contributed by atoms with E-state index in [-0.39, 0.29) is 17.6 Å². The molecule has 0 aliphatic carbocycles. The summed E-state index contributed by atoms with van der Waals surface area (Å²) < 4.78 is 3.50. The Morgan fingerprint density at radius 2 is 1.68 bits per heavy atom. The lowest BCUT2D eigenvalue weighted by molar-refractivity contribution is 0.251. The number of nitrogens with one attached hydrogen (secondary N) is 5. The highest BCUT2D eigenvalue weighted by molar-refractivity contribution is 7.97. The average molecular weight is 605 g/mol. The van der Waals surface area contributed by atoms with Crippen molar-refractivity contribution in [3.05, 3.63) is 84.6 Å². The number of aromatic nitrogens is 1. The van der Waals surface area contributed by atoms with Gasteiger partial charge in [-0.05, 0) is 101 Å². The van der Waals surface area contributed by atoms with Crippen molar-refractivity contribution in [2.75, 3.05) is 10.6 Å². The van der Waals surface area contributed by atoms with Gasteiger partial charge in [0.25, 0.3) is 0 Å². The second-order valence-corrected chi connectivity index (χ2v) is 13.1. The topological polar surface area (TPSA) is 90.1 Å². The van der Waals surface area contributed by atoms with Crippen molar-refractivity contribution in [3.63, 3.8) is 0 Å². The van der Waals surface area contributed by atoms with Gasteiger partial charge in [0, 0.05) is 51.7 Å². The number of carbonyl (C=O) groups excluding carboxylic acids is 1. The summed E-state index contributed by atoms with van der Waals surface area (Å²) in [6.45, 7) is 10.9.